The largest absolute Gasteiger partial charge is 0.416 e. The number of fused-ring (bicyclic) bond motifs is 1. The maximum atomic E-state index is 13.2. The van der Waals surface area contributed by atoms with E-state index in [2.05, 4.69) is 25.3 Å². The van der Waals surface area contributed by atoms with Gasteiger partial charge < -0.3 is 19.9 Å². The summed E-state index contributed by atoms with van der Waals surface area (Å²) in [5, 5.41) is 3.81. The van der Waals surface area contributed by atoms with Gasteiger partial charge in [-0.3, -0.25) is 0 Å². The Kier molecular flexibility index (Phi) is 6.15. The van der Waals surface area contributed by atoms with E-state index in [1.807, 2.05) is 42.1 Å². The number of alkyl halides is 3. The number of hydrogen-bond acceptors (Lipinski definition) is 9. The Morgan fingerprint density at radius 1 is 1.00 bits per heavy atom. The van der Waals surface area contributed by atoms with Crippen molar-refractivity contribution >= 4 is 44.3 Å². The van der Waals surface area contributed by atoms with E-state index in [-0.39, 0.29) is 11.6 Å². The van der Waals surface area contributed by atoms with E-state index in [0.29, 0.717) is 38.1 Å². The molecule has 12 heteroatoms. The first-order chi connectivity index (χ1) is 16.8. The highest BCUT2D eigenvalue weighted by atomic mass is 32.1. The summed E-state index contributed by atoms with van der Waals surface area (Å²) in [6.07, 6.45) is -4.45. The number of morpholine rings is 1. The zero-order valence-corrected chi connectivity index (χ0v) is 19.8. The van der Waals surface area contributed by atoms with E-state index >= 15 is 0 Å². The molecule has 35 heavy (non-hydrogen) atoms. The minimum Gasteiger partial charge on any atom is -0.378 e. The molecule has 2 aromatic carbocycles. The van der Waals surface area contributed by atoms with Crippen LogP contribution in [0.5, 0.6) is 0 Å². The van der Waals surface area contributed by atoms with Crippen molar-refractivity contribution in [2.24, 2.45) is 0 Å². The summed E-state index contributed by atoms with van der Waals surface area (Å²) in [4.78, 5) is 22.2. The number of anilines is 4. The molecule has 0 amide bonds. The summed E-state index contributed by atoms with van der Waals surface area (Å²) < 4.78 is 46.0. The van der Waals surface area contributed by atoms with Crippen molar-refractivity contribution in [1.82, 2.24) is 19.9 Å². The maximum Gasteiger partial charge on any atom is 0.416 e. The fraction of sp³-hybridized carbons (Fsp3) is 0.304. The highest BCUT2D eigenvalue weighted by molar-refractivity contribution is 7.22. The van der Waals surface area contributed by atoms with Crippen LogP contribution in [0.1, 0.15) is 5.56 Å². The van der Waals surface area contributed by atoms with Crippen molar-refractivity contribution in [3.05, 3.63) is 48.0 Å². The van der Waals surface area contributed by atoms with E-state index in [0.717, 1.165) is 33.0 Å². The third-order valence-corrected chi connectivity index (χ3v) is 6.57. The monoisotopic (exact) mass is 501 g/mol. The van der Waals surface area contributed by atoms with Crippen molar-refractivity contribution in [3.8, 4) is 11.4 Å². The van der Waals surface area contributed by atoms with Gasteiger partial charge in [-0.15, -0.1) is 0 Å². The molecule has 0 atom stereocenters. The summed E-state index contributed by atoms with van der Waals surface area (Å²) in [5.41, 5.74) is 1.11. The number of benzene rings is 2. The van der Waals surface area contributed by atoms with E-state index < -0.39 is 11.7 Å². The quantitative estimate of drug-likeness (QED) is 0.417. The number of aromatic nitrogens is 4. The minimum absolute atomic E-state index is 0.161. The smallest absolute Gasteiger partial charge is 0.378 e. The molecule has 1 aliphatic rings. The Bertz CT molecular complexity index is 1350. The highest BCUT2D eigenvalue weighted by Gasteiger charge is 2.30. The van der Waals surface area contributed by atoms with Crippen LogP contribution in [0, 0.1) is 0 Å². The lowest BCUT2D eigenvalue weighted by molar-refractivity contribution is -0.137. The molecule has 0 bridgehead atoms. The number of hydrogen-bond donors (Lipinski definition) is 1. The van der Waals surface area contributed by atoms with Gasteiger partial charge in [0.05, 0.1) is 29.0 Å². The average molecular weight is 502 g/mol. The molecule has 1 aliphatic heterocycles. The first-order valence-electron chi connectivity index (χ1n) is 10.9. The minimum atomic E-state index is -4.45. The number of thiazole rings is 1. The molecule has 1 N–H and O–H groups in total. The Morgan fingerprint density at radius 2 is 1.80 bits per heavy atom. The Morgan fingerprint density at radius 3 is 2.54 bits per heavy atom. The fourth-order valence-corrected chi connectivity index (χ4v) is 4.53. The second-order valence-corrected chi connectivity index (χ2v) is 9.17. The van der Waals surface area contributed by atoms with Gasteiger partial charge >= 0.3 is 6.18 Å². The molecule has 1 saturated heterocycles. The molecule has 3 heterocycles. The summed E-state index contributed by atoms with van der Waals surface area (Å²) in [6, 6.07) is 10.7. The molecule has 5 rings (SSSR count). The molecule has 1 fully saturated rings. The number of ether oxygens (including phenoxy) is 1. The van der Waals surface area contributed by atoms with Crippen LogP contribution in [0.2, 0.25) is 0 Å². The van der Waals surface area contributed by atoms with Crippen LogP contribution >= 0.6 is 11.3 Å². The average Bonchev–Trinajstić information content (AvgIpc) is 3.28. The predicted octanol–water partition coefficient (Wildman–Crippen LogP) is 4.81. The van der Waals surface area contributed by atoms with E-state index in [1.54, 1.807) is 17.4 Å². The first-order valence-corrected chi connectivity index (χ1v) is 11.7. The molecule has 2 aromatic heterocycles. The van der Waals surface area contributed by atoms with Crippen molar-refractivity contribution in [2.75, 3.05) is 55.5 Å². The van der Waals surface area contributed by atoms with Gasteiger partial charge in [0.2, 0.25) is 11.9 Å². The second-order valence-electron chi connectivity index (χ2n) is 8.16. The number of nitrogens with one attached hydrogen (secondary N) is 1. The van der Waals surface area contributed by atoms with Gasteiger partial charge in [0.25, 0.3) is 0 Å². The molecule has 182 valence electrons. The molecule has 0 spiro atoms. The van der Waals surface area contributed by atoms with E-state index in [9.17, 15) is 13.2 Å². The van der Waals surface area contributed by atoms with Gasteiger partial charge in [-0.1, -0.05) is 17.4 Å². The van der Waals surface area contributed by atoms with Crippen molar-refractivity contribution < 1.29 is 17.9 Å². The van der Waals surface area contributed by atoms with Crippen LogP contribution in [-0.2, 0) is 10.9 Å². The SMILES string of the molecule is CN(C)c1nc2ccc(-c3nc(Nc4cccc(C(F)(F)F)c4)nc(N4CCOCC4)n3)cc2s1. The van der Waals surface area contributed by atoms with E-state index in [4.69, 9.17) is 4.74 Å². The Hall–Kier alpha value is -3.51. The van der Waals surface area contributed by atoms with Gasteiger partial charge in [0, 0.05) is 38.4 Å². The maximum absolute atomic E-state index is 13.2. The molecule has 4 aromatic rings. The number of rotatable bonds is 5. The Labute approximate surface area is 203 Å². The summed E-state index contributed by atoms with van der Waals surface area (Å²) in [7, 11) is 3.87. The highest BCUT2D eigenvalue weighted by Crippen LogP contribution is 2.33. The molecule has 0 radical (unpaired) electrons. The zero-order valence-electron chi connectivity index (χ0n) is 19.0. The zero-order chi connectivity index (χ0) is 24.6. The van der Waals surface area contributed by atoms with Gasteiger partial charge in [-0.2, -0.15) is 28.1 Å². The third-order valence-electron chi connectivity index (χ3n) is 5.38. The second kappa shape index (κ2) is 9.27. The molecule has 0 aliphatic carbocycles. The number of nitrogens with zero attached hydrogens (tertiary/aromatic N) is 6. The molecule has 8 nitrogen and oxygen atoms in total. The lowest BCUT2D eigenvalue weighted by atomic mass is 10.2. The lowest BCUT2D eigenvalue weighted by Gasteiger charge is -2.27. The lowest BCUT2D eigenvalue weighted by Crippen LogP contribution is -2.37. The van der Waals surface area contributed by atoms with Crippen LogP contribution in [0.25, 0.3) is 21.6 Å². The van der Waals surface area contributed by atoms with Gasteiger partial charge in [-0.05, 0) is 36.4 Å². The molecular weight excluding hydrogens is 479 g/mol. The van der Waals surface area contributed by atoms with Gasteiger partial charge in [0.1, 0.15) is 0 Å². The standard InChI is InChI=1S/C23H22F3N7OS/c1-32(2)22-28-17-7-6-14(12-18(17)35-22)19-29-20(31-21(30-19)33-8-10-34-11-9-33)27-16-5-3-4-15(13-16)23(24,25)26/h3-7,12-13H,8-11H2,1-2H3,(H,27,29,30,31). The normalized spacial score (nSPS) is 14.4. The molecule has 0 unspecified atom stereocenters. The van der Waals surface area contributed by atoms with Crippen LogP contribution in [-0.4, -0.2) is 60.3 Å². The predicted molar refractivity (Wildman–Crippen MR) is 131 cm³/mol. The Balaban J connectivity index is 1.54. The third kappa shape index (κ3) is 5.13. The topological polar surface area (TPSA) is 79.3 Å². The summed E-state index contributed by atoms with van der Waals surface area (Å²) >= 11 is 1.55. The van der Waals surface area contributed by atoms with Crippen LogP contribution in [0.15, 0.2) is 42.5 Å². The van der Waals surface area contributed by atoms with Crippen LogP contribution < -0.4 is 15.1 Å². The summed E-state index contributed by atoms with van der Waals surface area (Å²) in [5.74, 6) is 1.01. The van der Waals surface area contributed by atoms with E-state index in [1.165, 1.54) is 6.07 Å². The van der Waals surface area contributed by atoms with Gasteiger partial charge in [-0.25, -0.2) is 4.98 Å². The fourth-order valence-electron chi connectivity index (χ4n) is 3.60. The van der Waals surface area contributed by atoms with Crippen molar-refractivity contribution in [3.63, 3.8) is 0 Å². The summed E-state index contributed by atoms with van der Waals surface area (Å²) in [6.45, 7) is 2.29. The van der Waals surface area contributed by atoms with Crippen LogP contribution in [0.4, 0.5) is 35.9 Å². The number of halogens is 3. The van der Waals surface area contributed by atoms with Crippen molar-refractivity contribution in [2.45, 2.75) is 6.18 Å². The first kappa shape index (κ1) is 23.2. The molecular formula is C23H22F3N7OS. The van der Waals surface area contributed by atoms with Crippen molar-refractivity contribution in [1.29, 1.82) is 0 Å². The van der Waals surface area contributed by atoms with Gasteiger partial charge in [0.15, 0.2) is 11.0 Å². The molecule has 0 saturated carbocycles. The van der Waals surface area contributed by atoms with Crippen LogP contribution in [0.3, 0.4) is 0 Å².